The molecule has 0 aromatic carbocycles. The zero-order chi connectivity index (χ0) is 12.3. The summed E-state index contributed by atoms with van der Waals surface area (Å²) in [6, 6.07) is 0. The molecule has 2 fully saturated rings. The van der Waals surface area contributed by atoms with E-state index < -0.39 is 28.8 Å². The predicted octanol–water partition coefficient (Wildman–Crippen LogP) is -0.0636. The number of amides is 1. The van der Waals surface area contributed by atoms with Crippen molar-refractivity contribution in [1.82, 2.24) is 4.90 Å². The van der Waals surface area contributed by atoms with E-state index in [9.17, 15) is 14.7 Å². The summed E-state index contributed by atoms with van der Waals surface area (Å²) in [5, 5.41) is 18.5. The fourth-order valence-electron chi connectivity index (χ4n) is 2.69. The zero-order valence-electron chi connectivity index (χ0n) is 9.73. The summed E-state index contributed by atoms with van der Waals surface area (Å²) in [7, 11) is 0. The van der Waals surface area contributed by atoms with Gasteiger partial charge in [0.2, 0.25) is 5.91 Å². The van der Waals surface area contributed by atoms with E-state index in [4.69, 9.17) is 5.11 Å². The van der Waals surface area contributed by atoms with Gasteiger partial charge in [-0.25, -0.2) is 0 Å². The van der Waals surface area contributed by atoms with Crippen LogP contribution in [-0.2, 0) is 9.59 Å². The number of carboxylic acids is 1. The van der Waals surface area contributed by atoms with Crippen molar-refractivity contribution in [2.24, 2.45) is 17.3 Å². The second-order valence-electron chi connectivity index (χ2n) is 5.81. The Morgan fingerprint density at radius 1 is 1.19 bits per heavy atom. The molecular formula is C11H17NO4. The lowest BCUT2D eigenvalue weighted by molar-refractivity contribution is -0.155. The Labute approximate surface area is 94.0 Å². The number of rotatable bonds is 2. The van der Waals surface area contributed by atoms with Crippen LogP contribution in [0.1, 0.15) is 20.8 Å². The molecule has 0 spiro atoms. The van der Waals surface area contributed by atoms with Gasteiger partial charge in [0, 0.05) is 0 Å². The van der Waals surface area contributed by atoms with Gasteiger partial charge in [0.05, 0.1) is 30.5 Å². The number of hydrogen-bond acceptors (Lipinski definition) is 3. The number of aliphatic hydroxyl groups is 1. The monoisotopic (exact) mass is 227 g/mol. The smallest absolute Gasteiger partial charge is 0.307 e. The molecule has 2 unspecified atom stereocenters. The third kappa shape index (κ3) is 1.50. The maximum Gasteiger partial charge on any atom is 0.307 e. The molecule has 2 N–H and O–H groups in total. The summed E-state index contributed by atoms with van der Waals surface area (Å²) in [6.45, 7) is 5.89. The van der Waals surface area contributed by atoms with E-state index in [0.29, 0.717) is 13.1 Å². The minimum absolute atomic E-state index is 0.135. The first-order valence-electron chi connectivity index (χ1n) is 5.41. The van der Waals surface area contributed by atoms with Crippen LogP contribution in [0.3, 0.4) is 0 Å². The summed E-state index contributed by atoms with van der Waals surface area (Å²) < 4.78 is 0. The summed E-state index contributed by atoms with van der Waals surface area (Å²) >= 11 is 0. The fraction of sp³-hybridized carbons (Fsp3) is 0.818. The molecule has 0 radical (unpaired) electrons. The van der Waals surface area contributed by atoms with Crippen molar-refractivity contribution in [3.8, 4) is 0 Å². The average molecular weight is 227 g/mol. The minimum atomic E-state index is -0.907. The first-order chi connectivity index (χ1) is 7.17. The van der Waals surface area contributed by atoms with Crippen LogP contribution in [0.5, 0.6) is 0 Å². The van der Waals surface area contributed by atoms with Crippen molar-refractivity contribution >= 4 is 11.9 Å². The Hall–Kier alpha value is -1.10. The number of carbonyl (C=O) groups excluding carboxylic acids is 1. The molecule has 2 atom stereocenters. The number of aliphatic carboxylic acids is 1. The quantitative estimate of drug-likeness (QED) is 0.692. The van der Waals surface area contributed by atoms with Gasteiger partial charge in [-0.1, -0.05) is 13.8 Å². The molecule has 1 amide bonds. The first-order valence-corrected chi connectivity index (χ1v) is 5.41. The first kappa shape index (κ1) is 11.4. The van der Waals surface area contributed by atoms with E-state index in [-0.39, 0.29) is 5.91 Å². The molecule has 1 saturated carbocycles. The Bertz CT molecular complexity index is 353. The van der Waals surface area contributed by atoms with Crippen LogP contribution in [0.25, 0.3) is 0 Å². The SMILES string of the molecule is CC1(O)CN(C(=O)C2C(C(=O)O)C2(C)C)C1. The summed E-state index contributed by atoms with van der Waals surface area (Å²) in [6.07, 6.45) is 0. The summed E-state index contributed by atoms with van der Waals surface area (Å²) in [5.74, 6) is -2.05. The number of carbonyl (C=O) groups is 2. The lowest BCUT2D eigenvalue weighted by atomic mass is 9.95. The average Bonchev–Trinajstić information content (AvgIpc) is 2.63. The largest absolute Gasteiger partial charge is 0.481 e. The Morgan fingerprint density at radius 2 is 1.69 bits per heavy atom. The van der Waals surface area contributed by atoms with Crippen LogP contribution in [0, 0.1) is 17.3 Å². The highest BCUT2D eigenvalue weighted by Gasteiger charge is 2.67. The molecule has 2 rings (SSSR count). The van der Waals surface area contributed by atoms with E-state index in [1.165, 1.54) is 4.90 Å². The van der Waals surface area contributed by atoms with Crippen molar-refractivity contribution in [1.29, 1.82) is 0 Å². The van der Waals surface area contributed by atoms with Gasteiger partial charge < -0.3 is 15.1 Å². The van der Waals surface area contributed by atoms with Gasteiger partial charge in [0.1, 0.15) is 0 Å². The molecule has 0 aromatic rings. The summed E-state index contributed by atoms with van der Waals surface area (Å²) in [5.41, 5.74) is -1.25. The highest BCUT2D eigenvalue weighted by atomic mass is 16.4. The van der Waals surface area contributed by atoms with Gasteiger partial charge in [-0.05, 0) is 12.3 Å². The van der Waals surface area contributed by atoms with Crippen molar-refractivity contribution in [3.05, 3.63) is 0 Å². The topological polar surface area (TPSA) is 77.8 Å². The molecule has 1 aliphatic carbocycles. The minimum Gasteiger partial charge on any atom is -0.481 e. The molecule has 0 aromatic heterocycles. The number of likely N-dealkylation sites (tertiary alicyclic amines) is 1. The molecule has 0 bridgehead atoms. The Morgan fingerprint density at radius 3 is 2.00 bits per heavy atom. The van der Waals surface area contributed by atoms with Crippen LogP contribution in [0.15, 0.2) is 0 Å². The van der Waals surface area contributed by atoms with Gasteiger partial charge in [-0.3, -0.25) is 9.59 Å². The predicted molar refractivity (Wildman–Crippen MR) is 55.6 cm³/mol. The lowest BCUT2D eigenvalue weighted by Gasteiger charge is -2.44. The number of carboxylic acid groups (broad SMARTS) is 1. The molecule has 2 aliphatic rings. The third-order valence-corrected chi connectivity index (χ3v) is 3.73. The maximum absolute atomic E-state index is 12.0. The van der Waals surface area contributed by atoms with E-state index in [1.807, 2.05) is 0 Å². The second kappa shape index (κ2) is 2.97. The highest BCUT2D eigenvalue weighted by Crippen LogP contribution is 2.59. The van der Waals surface area contributed by atoms with E-state index in [1.54, 1.807) is 20.8 Å². The van der Waals surface area contributed by atoms with Gasteiger partial charge in [0.15, 0.2) is 0 Å². The lowest BCUT2D eigenvalue weighted by Crippen LogP contribution is -2.62. The molecule has 5 nitrogen and oxygen atoms in total. The van der Waals surface area contributed by atoms with Crippen molar-refractivity contribution < 1.29 is 19.8 Å². The molecule has 1 saturated heterocycles. The zero-order valence-corrected chi connectivity index (χ0v) is 9.73. The van der Waals surface area contributed by atoms with Gasteiger partial charge in [-0.2, -0.15) is 0 Å². The molecule has 5 heteroatoms. The van der Waals surface area contributed by atoms with Gasteiger partial charge in [-0.15, -0.1) is 0 Å². The molecule has 16 heavy (non-hydrogen) atoms. The van der Waals surface area contributed by atoms with Crippen molar-refractivity contribution in [2.75, 3.05) is 13.1 Å². The van der Waals surface area contributed by atoms with Gasteiger partial charge >= 0.3 is 5.97 Å². The highest BCUT2D eigenvalue weighted by molar-refractivity contribution is 5.92. The van der Waals surface area contributed by atoms with Crippen LogP contribution in [0.2, 0.25) is 0 Å². The molecule has 1 aliphatic heterocycles. The molecular weight excluding hydrogens is 210 g/mol. The Balaban J connectivity index is 2.01. The molecule has 90 valence electrons. The standard InChI is InChI=1S/C11H17NO4/c1-10(2)6(7(10)9(14)15)8(13)12-4-11(3,16)5-12/h6-7,16H,4-5H2,1-3H3,(H,14,15). The molecule has 1 heterocycles. The van der Waals surface area contributed by atoms with Crippen LogP contribution in [0.4, 0.5) is 0 Å². The second-order valence-corrected chi connectivity index (χ2v) is 5.81. The number of hydrogen-bond donors (Lipinski definition) is 2. The normalized spacial score (nSPS) is 34.1. The third-order valence-electron chi connectivity index (χ3n) is 3.73. The Kier molecular flexibility index (Phi) is 2.11. The van der Waals surface area contributed by atoms with Gasteiger partial charge in [0.25, 0.3) is 0 Å². The maximum atomic E-state index is 12.0. The fourth-order valence-corrected chi connectivity index (χ4v) is 2.69. The van der Waals surface area contributed by atoms with Crippen LogP contribution < -0.4 is 0 Å². The van der Waals surface area contributed by atoms with Crippen molar-refractivity contribution in [2.45, 2.75) is 26.4 Å². The van der Waals surface area contributed by atoms with E-state index in [2.05, 4.69) is 0 Å². The number of nitrogens with zero attached hydrogens (tertiary/aromatic N) is 1. The van der Waals surface area contributed by atoms with Crippen molar-refractivity contribution in [3.63, 3.8) is 0 Å². The number of β-amino-alcohol motifs (C(OH)–C–C–N with tert-alkyl or cyclic N) is 1. The van der Waals surface area contributed by atoms with Crippen LogP contribution in [-0.4, -0.2) is 45.7 Å². The summed E-state index contributed by atoms with van der Waals surface area (Å²) in [4.78, 5) is 24.4. The van der Waals surface area contributed by atoms with E-state index >= 15 is 0 Å². The van der Waals surface area contributed by atoms with E-state index in [0.717, 1.165) is 0 Å². The van der Waals surface area contributed by atoms with Crippen LogP contribution >= 0.6 is 0 Å².